The molecule has 0 fully saturated rings. The van der Waals surface area contributed by atoms with Gasteiger partial charge >= 0.3 is 0 Å². The smallest absolute Gasteiger partial charge is 0.276 e. The Kier molecular flexibility index (Phi) is 4.30. The first-order chi connectivity index (χ1) is 11.4. The molecule has 0 aromatic carbocycles. The Morgan fingerprint density at radius 1 is 1.25 bits per heavy atom. The molecule has 8 heteroatoms. The van der Waals surface area contributed by atoms with Gasteiger partial charge < -0.3 is 15.2 Å². The van der Waals surface area contributed by atoms with E-state index in [1.807, 2.05) is 39.0 Å². The molecule has 0 saturated heterocycles. The van der Waals surface area contributed by atoms with E-state index in [-0.39, 0.29) is 11.3 Å². The van der Waals surface area contributed by atoms with E-state index >= 15 is 0 Å². The summed E-state index contributed by atoms with van der Waals surface area (Å²) in [5.41, 5.74) is 0.134. The van der Waals surface area contributed by atoms with Crippen LogP contribution in [-0.2, 0) is 5.41 Å². The maximum Gasteiger partial charge on any atom is 0.276 e. The Bertz CT molecular complexity index is 836. The summed E-state index contributed by atoms with van der Waals surface area (Å²) in [4.78, 5) is 20.7. The monoisotopic (exact) mass is 343 g/mol. The molecule has 0 aliphatic carbocycles. The first kappa shape index (κ1) is 16.1. The number of thiazole rings is 1. The van der Waals surface area contributed by atoms with Crippen LogP contribution in [0.1, 0.15) is 37.0 Å². The number of amides is 1. The van der Waals surface area contributed by atoms with E-state index in [0.29, 0.717) is 28.2 Å². The molecule has 0 aliphatic rings. The number of hydrogen-bond donors (Lipinski definition) is 2. The number of aromatic nitrogens is 3. The summed E-state index contributed by atoms with van der Waals surface area (Å²) in [5.74, 6) is 1.41. The van der Waals surface area contributed by atoms with Crippen LogP contribution in [0.15, 0.2) is 40.4 Å². The number of anilines is 3. The van der Waals surface area contributed by atoms with Gasteiger partial charge in [0, 0.05) is 23.1 Å². The molecule has 0 spiro atoms. The van der Waals surface area contributed by atoms with Gasteiger partial charge in [-0.05, 0) is 12.1 Å². The third-order valence-electron chi connectivity index (χ3n) is 3.13. The average molecular weight is 343 g/mol. The first-order valence-corrected chi connectivity index (χ1v) is 8.22. The minimum Gasteiger partial charge on any atom is -0.359 e. The van der Waals surface area contributed by atoms with Crippen LogP contribution in [0.5, 0.6) is 0 Å². The van der Waals surface area contributed by atoms with Gasteiger partial charge in [0.2, 0.25) is 0 Å². The molecule has 1 amide bonds. The third kappa shape index (κ3) is 3.77. The van der Waals surface area contributed by atoms with Crippen LogP contribution in [0, 0.1) is 0 Å². The lowest BCUT2D eigenvalue weighted by atomic mass is 9.93. The minimum atomic E-state index is -0.339. The molecule has 0 aliphatic heterocycles. The highest BCUT2D eigenvalue weighted by Crippen LogP contribution is 2.25. The summed E-state index contributed by atoms with van der Waals surface area (Å²) in [6.07, 6.45) is 1.68. The van der Waals surface area contributed by atoms with Gasteiger partial charge in [0.1, 0.15) is 17.3 Å². The molecule has 3 rings (SSSR count). The molecule has 7 nitrogen and oxygen atoms in total. The first-order valence-electron chi connectivity index (χ1n) is 7.34. The lowest BCUT2D eigenvalue weighted by Gasteiger charge is -2.11. The van der Waals surface area contributed by atoms with Gasteiger partial charge in [0.15, 0.2) is 10.9 Å². The molecule has 0 radical (unpaired) electrons. The van der Waals surface area contributed by atoms with E-state index in [1.165, 1.54) is 11.3 Å². The van der Waals surface area contributed by atoms with Crippen molar-refractivity contribution in [1.29, 1.82) is 0 Å². The number of pyridine rings is 1. The molecule has 2 N–H and O–H groups in total. The van der Waals surface area contributed by atoms with Crippen molar-refractivity contribution >= 4 is 34.0 Å². The Morgan fingerprint density at radius 3 is 2.75 bits per heavy atom. The molecule has 0 bridgehead atoms. The average Bonchev–Trinajstić information content (AvgIpc) is 3.17. The standard InChI is InChI=1S/C16H17N5O2S/c1-16(2,3)11-8-13(21-23-11)19-14(22)10-9-24-15(18-10)20-12-6-4-5-7-17-12/h4-9H,1-3H3,(H,17,18,20)(H,19,21,22). The zero-order chi connectivity index (χ0) is 17.2. The lowest BCUT2D eigenvalue weighted by Crippen LogP contribution is -2.13. The summed E-state index contributed by atoms with van der Waals surface area (Å²) < 4.78 is 5.25. The summed E-state index contributed by atoms with van der Waals surface area (Å²) in [6, 6.07) is 7.24. The molecule has 3 aromatic heterocycles. The number of nitrogens with zero attached hydrogens (tertiary/aromatic N) is 3. The molecule has 3 aromatic rings. The second kappa shape index (κ2) is 6.40. The van der Waals surface area contributed by atoms with Crippen molar-refractivity contribution in [2.75, 3.05) is 10.6 Å². The molecular formula is C16H17N5O2S. The van der Waals surface area contributed by atoms with Gasteiger partial charge in [-0.3, -0.25) is 4.79 Å². The van der Waals surface area contributed by atoms with Crippen LogP contribution in [0.25, 0.3) is 0 Å². The van der Waals surface area contributed by atoms with Crippen LogP contribution in [0.4, 0.5) is 16.8 Å². The van der Waals surface area contributed by atoms with Crippen LogP contribution in [0.2, 0.25) is 0 Å². The van der Waals surface area contributed by atoms with Gasteiger partial charge in [-0.2, -0.15) is 0 Å². The van der Waals surface area contributed by atoms with Gasteiger partial charge in [-0.25, -0.2) is 9.97 Å². The molecule has 0 unspecified atom stereocenters. The fourth-order valence-corrected chi connectivity index (χ4v) is 2.55. The fraction of sp³-hybridized carbons (Fsp3) is 0.250. The molecule has 124 valence electrons. The van der Waals surface area contributed by atoms with E-state index in [4.69, 9.17) is 4.52 Å². The second-order valence-electron chi connectivity index (χ2n) is 6.16. The fourth-order valence-electron chi connectivity index (χ4n) is 1.85. The third-order valence-corrected chi connectivity index (χ3v) is 3.89. The molecule has 3 heterocycles. The maximum atomic E-state index is 12.2. The van der Waals surface area contributed by atoms with E-state index in [9.17, 15) is 4.79 Å². The molecule has 24 heavy (non-hydrogen) atoms. The van der Waals surface area contributed by atoms with Crippen LogP contribution < -0.4 is 10.6 Å². The van der Waals surface area contributed by atoms with Crippen molar-refractivity contribution in [1.82, 2.24) is 15.1 Å². The van der Waals surface area contributed by atoms with Crippen molar-refractivity contribution in [2.45, 2.75) is 26.2 Å². The van der Waals surface area contributed by atoms with Crippen molar-refractivity contribution < 1.29 is 9.32 Å². The quantitative estimate of drug-likeness (QED) is 0.748. The number of carbonyl (C=O) groups is 1. The van der Waals surface area contributed by atoms with Gasteiger partial charge in [0.25, 0.3) is 5.91 Å². The summed E-state index contributed by atoms with van der Waals surface area (Å²) in [5, 5.41) is 11.9. The molecular weight excluding hydrogens is 326 g/mol. The summed E-state index contributed by atoms with van der Waals surface area (Å²) >= 11 is 1.33. The normalized spacial score (nSPS) is 11.3. The van der Waals surface area contributed by atoms with Crippen LogP contribution >= 0.6 is 11.3 Å². The Labute approximate surface area is 143 Å². The van der Waals surface area contributed by atoms with Crippen molar-refractivity contribution in [3.63, 3.8) is 0 Å². The minimum absolute atomic E-state index is 0.170. The van der Waals surface area contributed by atoms with E-state index in [2.05, 4.69) is 25.8 Å². The number of rotatable bonds is 4. The maximum absolute atomic E-state index is 12.2. The topological polar surface area (TPSA) is 92.9 Å². The lowest BCUT2D eigenvalue weighted by molar-refractivity contribution is 0.102. The van der Waals surface area contributed by atoms with Crippen LogP contribution in [-0.4, -0.2) is 21.0 Å². The van der Waals surface area contributed by atoms with Crippen LogP contribution in [0.3, 0.4) is 0 Å². The molecule has 0 saturated carbocycles. The zero-order valence-electron chi connectivity index (χ0n) is 13.5. The Balaban J connectivity index is 1.67. The number of hydrogen-bond acceptors (Lipinski definition) is 7. The van der Waals surface area contributed by atoms with Crippen molar-refractivity contribution in [3.8, 4) is 0 Å². The number of carbonyl (C=O) groups excluding carboxylic acids is 1. The van der Waals surface area contributed by atoms with Gasteiger partial charge in [-0.1, -0.05) is 32.0 Å². The summed E-state index contributed by atoms with van der Waals surface area (Å²) in [6.45, 7) is 6.03. The zero-order valence-corrected chi connectivity index (χ0v) is 14.3. The second-order valence-corrected chi connectivity index (χ2v) is 7.02. The predicted octanol–water partition coefficient (Wildman–Crippen LogP) is 3.82. The Morgan fingerprint density at radius 2 is 2.08 bits per heavy atom. The van der Waals surface area contributed by atoms with Crippen molar-refractivity contribution in [3.05, 3.63) is 47.3 Å². The van der Waals surface area contributed by atoms with Gasteiger partial charge in [-0.15, -0.1) is 11.3 Å². The highest BCUT2D eigenvalue weighted by Gasteiger charge is 2.21. The van der Waals surface area contributed by atoms with E-state index in [1.54, 1.807) is 17.6 Å². The largest absolute Gasteiger partial charge is 0.359 e. The van der Waals surface area contributed by atoms with Gasteiger partial charge in [0.05, 0.1) is 0 Å². The Hall–Kier alpha value is -2.74. The van der Waals surface area contributed by atoms with Crippen molar-refractivity contribution in [2.24, 2.45) is 0 Å². The summed E-state index contributed by atoms with van der Waals surface area (Å²) in [7, 11) is 0. The highest BCUT2D eigenvalue weighted by atomic mass is 32.1. The molecule has 0 atom stereocenters. The highest BCUT2D eigenvalue weighted by molar-refractivity contribution is 7.14. The SMILES string of the molecule is CC(C)(C)c1cc(NC(=O)c2csc(Nc3ccccn3)n2)no1. The predicted molar refractivity (Wildman–Crippen MR) is 92.8 cm³/mol. The van der Waals surface area contributed by atoms with E-state index in [0.717, 1.165) is 0 Å². The number of nitrogens with one attached hydrogen (secondary N) is 2. The van der Waals surface area contributed by atoms with E-state index < -0.39 is 0 Å².